The third-order valence-electron chi connectivity index (χ3n) is 10.0. The van der Waals surface area contributed by atoms with Crippen LogP contribution >= 0.6 is 0 Å². The molecular weight excluding hydrogens is 573 g/mol. The van der Waals surface area contributed by atoms with Crippen LogP contribution in [-0.4, -0.2) is 28.2 Å². The molecule has 1 unspecified atom stereocenters. The third-order valence-corrected chi connectivity index (χ3v) is 10.0. The van der Waals surface area contributed by atoms with Crippen LogP contribution in [-0.2, 0) is 5.41 Å². The van der Waals surface area contributed by atoms with Crippen molar-refractivity contribution in [1.29, 1.82) is 0 Å². The summed E-state index contributed by atoms with van der Waals surface area (Å²) < 4.78 is 2.42. The molecule has 4 nitrogen and oxygen atoms in total. The van der Waals surface area contributed by atoms with Crippen LogP contribution in [0, 0.1) is 0 Å². The van der Waals surface area contributed by atoms with E-state index in [2.05, 4.69) is 152 Å². The first-order chi connectivity index (χ1) is 23.0. The van der Waals surface area contributed by atoms with E-state index in [0.717, 1.165) is 34.0 Å². The Morgan fingerprint density at radius 2 is 1.26 bits per heavy atom. The number of aromatic nitrogens is 1. The predicted molar refractivity (Wildman–Crippen MR) is 195 cm³/mol. The van der Waals surface area contributed by atoms with Crippen LogP contribution in [0.15, 0.2) is 156 Å². The van der Waals surface area contributed by atoms with Gasteiger partial charge < -0.3 is 9.47 Å². The highest BCUT2D eigenvalue weighted by molar-refractivity contribution is 6.13. The maximum Gasteiger partial charge on any atom is 0.159 e. The van der Waals surface area contributed by atoms with E-state index in [1.807, 2.05) is 24.3 Å². The lowest BCUT2D eigenvalue weighted by atomic mass is 9.82. The van der Waals surface area contributed by atoms with Gasteiger partial charge in [0.25, 0.3) is 0 Å². The summed E-state index contributed by atoms with van der Waals surface area (Å²) in [5, 5.41) is 2.56. The van der Waals surface area contributed by atoms with E-state index in [-0.39, 0.29) is 11.6 Å². The van der Waals surface area contributed by atoms with Gasteiger partial charge in [0.1, 0.15) is 12.0 Å². The van der Waals surface area contributed by atoms with E-state index in [1.54, 1.807) is 0 Å². The Kier molecular flexibility index (Phi) is 6.10. The fourth-order valence-corrected chi connectivity index (χ4v) is 7.64. The van der Waals surface area contributed by atoms with E-state index < -0.39 is 0 Å². The zero-order valence-electron chi connectivity index (χ0n) is 26.7. The number of para-hydroxylation sites is 1. The quantitative estimate of drug-likeness (QED) is 0.196. The molecule has 0 spiro atoms. The molecule has 0 saturated carbocycles. The molecule has 6 aromatic carbocycles. The molecule has 0 bridgehead atoms. The van der Waals surface area contributed by atoms with Gasteiger partial charge in [0.05, 0.1) is 11.0 Å². The summed E-state index contributed by atoms with van der Waals surface area (Å²) in [6.07, 6.45) is -0.176. The lowest BCUT2D eigenvalue weighted by Gasteiger charge is -2.32. The lowest BCUT2D eigenvalue weighted by Crippen LogP contribution is -2.35. The molecule has 1 atom stereocenters. The maximum absolute atomic E-state index is 5.13. The molecule has 0 N–H and O–H groups in total. The first kappa shape index (κ1) is 27.6. The monoisotopic (exact) mass is 606 g/mol. The fourth-order valence-electron chi connectivity index (χ4n) is 7.64. The van der Waals surface area contributed by atoms with Crippen LogP contribution in [0.2, 0.25) is 0 Å². The number of rotatable bonds is 4. The molecule has 7 aromatic rings. The molecule has 4 heteroatoms. The Balaban J connectivity index is 1.18. The second-order valence-corrected chi connectivity index (χ2v) is 13.1. The van der Waals surface area contributed by atoms with Crippen molar-refractivity contribution in [2.24, 2.45) is 9.98 Å². The first-order valence-corrected chi connectivity index (χ1v) is 16.3. The molecule has 2 aliphatic rings. The average molecular weight is 607 g/mol. The van der Waals surface area contributed by atoms with Crippen molar-refractivity contribution < 1.29 is 0 Å². The van der Waals surface area contributed by atoms with Crippen molar-refractivity contribution in [3.05, 3.63) is 173 Å². The molecule has 0 fully saturated rings. The summed E-state index contributed by atoms with van der Waals surface area (Å²) in [5.74, 6) is 1.65. The number of hydrogen-bond donors (Lipinski definition) is 0. The number of nitrogens with zero attached hydrogens (tertiary/aromatic N) is 4. The summed E-state index contributed by atoms with van der Waals surface area (Å²) in [6.45, 7) is 4.70. The van der Waals surface area contributed by atoms with Crippen molar-refractivity contribution in [3.63, 3.8) is 0 Å². The summed E-state index contributed by atoms with van der Waals surface area (Å²) in [7, 11) is 2.09. The SMILES string of the molecule is CN1C(c2ccc(-n3c4ccccc4c4cc5c(cc43)-c3ccccc3C5(C)C)cc2)=NC(c2ccccc2)=NC1c1ccccc1. The van der Waals surface area contributed by atoms with Crippen LogP contribution in [0.3, 0.4) is 0 Å². The molecular formula is C43H34N4. The molecule has 1 aliphatic carbocycles. The van der Waals surface area contributed by atoms with Crippen molar-refractivity contribution in [1.82, 2.24) is 9.47 Å². The maximum atomic E-state index is 5.13. The summed E-state index contributed by atoms with van der Waals surface area (Å²) >= 11 is 0. The van der Waals surface area contributed by atoms with Crippen molar-refractivity contribution in [2.75, 3.05) is 7.05 Å². The molecule has 0 radical (unpaired) electrons. The van der Waals surface area contributed by atoms with Gasteiger partial charge in [0, 0.05) is 40.0 Å². The van der Waals surface area contributed by atoms with E-state index in [1.165, 1.54) is 44.1 Å². The first-order valence-electron chi connectivity index (χ1n) is 16.3. The highest BCUT2D eigenvalue weighted by Gasteiger charge is 2.36. The molecule has 0 saturated heterocycles. The Morgan fingerprint density at radius 3 is 2.04 bits per heavy atom. The lowest BCUT2D eigenvalue weighted by molar-refractivity contribution is 0.383. The van der Waals surface area contributed by atoms with Gasteiger partial charge in [-0.2, -0.15) is 0 Å². The number of fused-ring (bicyclic) bond motifs is 6. The Labute approximate surface area is 275 Å². The number of hydrogen-bond acceptors (Lipinski definition) is 3. The van der Waals surface area contributed by atoms with Gasteiger partial charge >= 0.3 is 0 Å². The van der Waals surface area contributed by atoms with Crippen molar-refractivity contribution in [3.8, 4) is 16.8 Å². The van der Waals surface area contributed by atoms with E-state index >= 15 is 0 Å². The van der Waals surface area contributed by atoms with Gasteiger partial charge in [0.15, 0.2) is 5.84 Å². The zero-order chi connectivity index (χ0) is 31.7. The topological polar surface area (TPSA) is 32.9 Å². The van der Waals surface area contributed by atoms with E-state index in [0.29, 0.717) is 0 Å². The van der Waals surface area contributed by atoms with Gasteiger partial charge in [-0.1, -0.05) is 117 Å². The second-order valence-electron chi connectivity index (χ2n) is 13.1. The van der Waals surface area contributed by atoms with Crippen LogP contribution in [0.1, 0.15) is 47.8 Å². The minimum Gasteiger partial charge on any atom is -0.333 e. The molecule has 9 rings (SSSR count). The van der Waals surface area contributed by atoms with Crippen molar-refractivity contribution >= 4 is 33.5 Å². The van der Waals surface area contributed by atoms with Gasteiger partial charge in [0.2, 0.25) is 0 Å². The molecule has 226 valence electrons. The fraction of sp³-hybridized carbons (Fsp3) is 0.116. The zero-order valence-corrected chi connectivity index (χ0v) is 26.7. The summed E-state index contributed by atoms with van der Waals surface area (Å²) in [5.41, 5.74) is 12.2. The smallest absolute Gasteiger partial charge is 0.159 e. The largest absolute Gasteiger partial charge is 0.333 e. The highest BCUT2D eigenvalue weighted by atomic mass is 15.3. The molecule has 0 amide bonds. The summed E-state index contributed by atoms with van der Waals surface area (Å²) in [6, 6.07) is 52.1. The normalized spacial score (nSPS) is 16.6. The van der Waals surface area contributed by atoms with Gasteiger partial charge in [-0.25, -0.2) is 9.98 Å². The molecule has 47 heavy (non-hydrogen) atoms. The van der Waals surface area contributed by atoms with Crippen LogP contribution < -0.4 is 0 Å². The van der Waals surface area contributed by atoms with E-state index in [9.17, 15) is 0 Å². The highest BCUT2D eigenvalue weighted by Crippen LogP contribution is 2.50. The average Bonchev–Trinajstić information content (AvgIpc) is 3.56. The second kappa shape index (κ2) is 10.4. The van der Waals surface area contributed by atoms with E-state index in [4.69, 9.17) is 9.98 Å². The standard InChI is InChI=1S/C43H34N4/c1-43(2)36-20-12-10-18-32(36)34-27-39-35(26-37(34)43)33-19-11-13-21-38(33)47(39)31-24-22-30(23-25-31)42-45-40(28-14-6-4-7-15-28)44-41(46(42)3)29-16-8-5-9-17-29/h4-27,41H,1-3H3. The Bertz CT molecular complexity index is 2380. The van der Waals surface area contributed by atoms with Gasteiger partial charge in [-0.3, -0.25) is 0 Å². The minimum atomic E-state index is -0.176. The number of benzene rings is 6. The number of aliphatic imine (C=N–C) groups is 2. The van der Waals surface area contributed by atoms with Gasteiger partial charge in [-0.05, 0) is 70.3 Å². The Hall–Kier alpha value is -5.74. The van der Waals surface area contributed by atoms with Gasteiger partial charge in [-0.15, -0.1) is 0 Å². The third kappa shape index (κ3) is 4.21. The minimum absolute atomic E-state index is 0.0444. The summed E-state index contributed by atoms with van der Waals surface area (Å²) in [4.78, 5) is 12.4. The van der Waals surface area contributed by atoms with Crippen molar-refractivity contribution in [2.45, 2.75) is 25.4 Å². The number of amidine groups is 2. The van der Waals surface area contributed by atoms with Crippen LogP contribution in [0.4, 0.5) is 0 Å². The molecule has 1 aromatic heterocycles. The van der Waals surface area contributed by atoms with Crippen LogP contribution in [0.5, 0.6) is 0 Å². The molecule has 2 heterocycles. The Morgan fingerprint density at radius 1 is 0.574 bits per heavy atom. The van der Waals surface area contributed by atoms with Crippen LogP contribution in [0.25, 0.3) is 38.6 Å². The molecule has 1 aliphatic heterocycles. The predicted octanol–water partition coefficient (Wildman–Crippen LogP) is 9.93.